The number of carbonyl (C=O) groups is 1. The second-order valence-corrected chi connectivity index (χ2v) is 7.27. The predicted octanol–water partition coefficient (Wildman–Crippen LogP) is 3.13. The standard InChI is InChI=1S/C18H23N3O2S/c1-13(22)19-11-12-24-18-20-16-10-6-5-9-15(16)17(23)21(18)14-7-3-2-4-8-14/h5-6,9-10,14H,2-4,7-8,11-12H2,1H3,(H,19,22). The van der Waals surface area contributed by atoms with Crippen LogP contribution in [0.1, 0.15) is 45.1 Å². The van der Waals surface area contributed by atoms with Gasteiger partial charge in [0.1, 0.15) is 0 Å². The molecule has 1 aromatic carbocycles. The first-order valence-electron chi connectivity index (χ1n) is 8.55. The molecule has 0 aliphatic heterocycles. The van der Waals surface area contributed by atoms with Gasteiger partial charge in [-0.3, -0.25) is 14.2 Å². The fourth-order valence-corrected chi connectivity index (χ4v) is 4.18. The predicted molar refractivity (Wildman–Crippen MR) is 97.5 cm³/mol. The van der Waals surface area contributed by atoms with Crippen LogP contribution in [0, 0.1) is 0 Å². The van der Waals surface area contributed by atoms with Crippen molar-refractivity contribution < 1.29 is 4.79 Å². The molecule has 6 heteroatoms. The third-order valence-electron chi connectivity index (χ3n) is 4.42. The van der Waals surface area contributed by atoms with Crippen molar-refractivity contribution in [3.8, 4) is 0 Å². The number of para-hydroxylation sites is 1. The van der Waals surface area contributed by atoms with E-state index in [4.69, 9.17) is 4.98 Å². The van der Waals surface area contributed by atoms with E-state index in [1.807, 2.05) is 28.8 Å². The zero-order chi connectivity index (χ0) is 16.9. The van der Waals surface area contributed by atoms with E-state index in [-0.39, 0.29) is 17.5 Å². The molecule has 0 bridgehead atoms. The number of fused-ring (bicyclic) bond motifs is 1. The molecule has 2 aromatic rings. The summed E-state index contributed by atoms with van der Waals surface area (Å²) in [6.07, 6.45) is 5.66. The quantitative estimate of drug-likeness (QED) is 0.514. The highest BCUT2D eigenvalue weighted by Gasteiger charge is 2.21. The van der Waals surface area contributed by atoms with Crippen LogP contribution in [-0.4, -0.2) is 27.8 Å². The van der Waals surface area contributed by atoms with E-state index in [0.717, 1.165) is 23.5 Å². The lowest BCUT2D eigenvalue weighted by atomic mass is 9.95. The summed E-state index contributed by atoms with van der Waals surface area (Å²) >= 11 is 1.55. The maximum Gasteiger partial charge on any atom is 0.262 e. The number of rotatable bonds is 5. The minimum atomic E-state index is -0.0354. The van der Waals surface area contributed by atoms with E-state index in [9.17, 15) is 9.59 Å². The van der Waals surface area contributed by atoms with Crippen LogP contribution in [0.3, 0.4) is 0 Å². The molecule has 0 spiro atoms. The summed E-state index contributed by atoms with van der Waals surface area (Å²) in [5.41, 5.74) is 0.811. The van der Waals surface area contributed by atoms with E-state index in [2.05, 4.69) is 5.32 Å². The number of hydrogen-bond donors (Lipinski definition) is 1. The van der Waals surface area contributed by atoms with Gasteiger partial charge in [0.2, 0.25) is 5.91 Å². The summed E-state index contributed by atoms with van der Waals surface area (Å²) in [6.45, 7) is 2.09. The van der Waals surface area contributed by atoms with Crippen molar-refractivity contribution in [1.82, 2.24) is 14.9 Å². The molecule has 0 atom stereocenters. The molecule has 1 aliphatic carbocycles. The second kappa shape index (κ2) is 7.83. The van der Waals surface area contributed by atoms with Gasteiger partial charge in [-0.15, -0.1) is 0 Å². The molecule has 1 aliphatic rings. The van der Waals surface area contributed by atoms with Crippen LogP contribution >= 0.6 is 11.8 Å². The Labute approximate surface area is 145 Å². The van der Waals surface area contributed by atoms with Crippen molar-refractivity contribution in [1.29, 1.82) is 0 Å². The lowest BCUT2D eigenvalue weighted by molar-refractivity contribution is -0.118. The van der Waals surface area contributed by atoms with Crippen molar-refractivity contribution in [2.45, 2.75) is 50.2 Å². The highest BCUT2D eigenvalue weighted by atomic mass is 32.2. The van der Waals surface area contributed by atoms with Crippen molar-refractivity contribution in [3.63, 3.8) is 0 Å². The molecule has 0 unspecified atom stereocenters. The van der Waals surface area contributed by atoms with E-state index >= 15 is 0 Å². The Hall–Kier alpha value is -1.82. The second-order valence-electron chi connectivity index (χ2n) is 6.21. The fourth-order valence-electron chi connectivity index (χ4n) is 3.26. The minimum absolute atomic E-state index is 0.0354. The van der Waals surface area contributed by atoms with Crippen molar-refractivity contribution in [2.75, 3.05) is 12.3 Å². The van der Waals surface area contributed by atoms with Crippen molar-refractivity contribution in [3.05, 3.63) is 34.6 Å². The Morgan fingerprint density at radius 3 is 2.79 bits per heavy atom. The van der Waals surface area contributed by atoms with Crippen molar-refractivity contribution >= 4 is 28.6 Å². The first-order chi connectivity index (χ1) is 11.7. The molecule has 1 heterocycles. The van der Waals surface area contributed by atoms with Gasteiger partial charge in [-0.2, -0.15) is 0 Å². The van der Waals surface area contributed by atoms with Crippen LogP contribution < -0.4 is 10.9 Å². The molecule has 1 aromatic heterocycles. The number of carbonyl (C=O) groups excluding carboxylic acids is 1. The largest absolute Gasteiger partial charge is 0.356 e. The molecule has 0 radical (unpaired) electrons. The highest BCUT2D eigenvalue weighted by molar-refractivity contribution is 7.99. The summed E-state index contributed by atoms with van der Waals surface area (Å²) in [4.78, 5) is 28.8. The van der Waals surface area contributed by atoms with Crippen LogP contribution in [-0.2, 0) is 4.79 Å². The van der Waals surface area contributed by atoms with E-state index < -0.39 is 0 Å². The van der Waals surface area contributed by atoms with E-state index in [0.29, 0.717) is 17.7 Å². The Kier molecular flexibility index (Phi) is 5.56. The number of aromatic nitrogens is 2. The number of benzene rings is 1. The molecule has 5 nitrogen and oxygen atoms in total. The number of nitrogens with one attached hydrogen (secondary N) is 1. The zero-order valence-corrected chi connectivity index (χ0v) is 14.8. The first-order valence-corrected chi connectivity index (χ1v) is 9.54. The molecule has 1 saturated carbocycles. The van der Waals surface area contributed by atoms with Crippen LogP contribution in [0.5, 0.6) is 0 Å². The number of thioether (sulfide) groups is 1. The normalized spacial score (nSPS) is 15.5. The van der Waals surface area contributed by atoms with Gasteiger partial charge in [0.05, 0.1) is 10.9 Å². The average molecular weight is 345 g/mol. The number of hydrogen-bond acceptors (Lipinski definition) is 4. The summed E-state index contributed by atoms with van der Waals surface area (Å²) in [7, 11) is 0. The summed E-state index contributed by atoms with van der Waals surface area (Å²) in [6, 6.07) is 7.79. The van der Waals surface area contributed by atoms with Crippen molar-refractivity contribution in [2.24, 2.45) is 0 Å². The van der Waals surface area contributed by atoms with Gasteiger partial charge in [0.25, 0.3) is 5.56 Å². The smallest absolute Gasteiger partial charge is 0.262 e. The summed E-state index contributed by atoms with van der Waals surface area (Å²) in [5, 5.41) is 4.25. The third kappa shape index (κ3) is 3.80. The molecule has 128 valence electrons. The van der Waals surface area contributed by atoms with Gasteiger partial charge in [0, 0.05) is 25.3 Å². The SMILES string of the molecule is CC(=O)NCCSc1nc2ccccc2c(=O)n1C1CCCCC1. The van der Waals surface area contributed by atoms with Gasteiger partial charge in [-0.1, -0.05) is 43.2 Å². The van der Waals surface area contributed by atoms with Gasteiger partial charge in [-0.25, -0.2) is 4.98 Å². The Balaban J connectivity index is 1.94. The monoisotopic (exact) mass is 345 g/mol. The van der Waals surface area contributed by atoms with Crippen LogP contribution in [0.15, 0.2) is 34.2 Å². The molecular weight excluding hydrogens is 322 g/mol. The minimum Gasteiger partial charge on any atom is -0.356 e. The van der Waals surface area contributed by atoms with Crippen LogP contribution in [0.4, 0.5) is 0 Å². The van der Waals surface area contributed by atoms with Gasteiger partial charge >= 0.3 is 0 Å². The van der Waals surface area contributed by atoms with Gasteiger partial charge in [-0.05, 0) is 25.0 Å². The van der Waals surface area contributed by atoms with E-state index in [1.165, 1.54) is 26.2 Å². The highest BCUT2D eigenvalue weighted by Crippen LogP contribution is 2.30. The summed E-state index contributed by atoms with van der Waals surface area (Å²) < 4.78 is 1.90. The maximum atomic E-state index is 13.0. The molecule has 1 N–H and O–H groups in total. The number of amides is 1. The molecule has 0 saturated heterocycles. The first kappa shape index (κ1) is 17.0. The average Bonchev–Trinajstić information content (AvgIpc) is 2.59. The molecular formula is C18H23N3O2S. The Morgan fingerprint density at radius 2 is 2.04 bits per heavy atom. The molecule has 1 fully saturated rings. The van der Waals surface area contributed by atoms with Gasteiger partial charge < -0.3 is 5.32 Å². The van der Waals surface area contributed by atoms with Crippen LogP contribution in [0.25, 0.3) is 10.9 Å². The van der Waals surface area contributed by atoms with Gasteiger partial charge in [0.15, 0.2) is 5.16 Å². The zero-order valence-electron chi connectivity index (χ0n) is 14.0. The lowest BCUT2D eigenvalue weighted by Crippen LogP contribution is -2.29. The fraction of sp³-hybridized carbons (Fsp3) is 0.500. The molecule has 24 heavy (non-hydrogen) atoms. The lowest BCUT2D eigenvalue weighted by Gasteiger charge is -2.26. The Bertz CT molecular complexity index is 781. The number of nitrogens with zero attached hydrogens (tertiary/aromatic N) is 2. The maximum absolute atomic E-state index is 13.0. The molecule has 3 rings (SSSR count). The molecule has 1 amide bonds. The third-order valence-corrected chi connectivity index (χ3v) is 5.38. The van der Waals surface area contributed by atoms with E-state index in [1.54, 1.807) is 11.8 Å². The summed E-state index contributed by atoms with van der Waals surface area (Å²) in [5.74, 6) is 0.670. The Morgan fingerprint density at radius 1 is 1.29 bits per heavy atom. The topological polar surface area (TPSA) is 64.0 Å². The van der Waals surface area contributed by atoms with Crippen LogP contribution in [0.2, 0.25) is 0 Å².